The van der Waals surface area contributed by atoms with Crippen molar-refractivity contribution in [2.45, 2.75) is 39.5 Å². The Morgan fingerprint density at radius 3 is 2.00 bits per heavy atom. The van der Waals surface area contributed by atoms with Crippen molar-refractivity contribution in [2.75, 3.05) is 5.83 Å². The highest BCUT2D eigenvalue weighted by Gasteiger charge is 2.36. The maximum atomic E-state index is 2.94. The highest BCUT2D eigenvalue weighted by Crippen LogP contribution is 2.48. The van der Waals surface area contributed by atoms with Crippen LogP contribution in [0.4, 0.5) is 0 Å². The molecule has 1 aliphatic carbocycles. The summed E-state index contributed by atoms with van der Waals surface area (Å²) >= 11 is 2.94. The Labute approximate surface area is 194 Å². The first kappa shape index (κ1) is 21.6. The predicted molar refractivity (Wildman–Crippen MR) is 141 cm³/mol. The second kappa shape index (κ2) is 8.51. The summed E-state index contributed by atoms with van der Waals surface area (Å²) in [6.45, 7) is 9.10. The highest BCUT2D eigenvalue weighted by molar-refractivity contribution is 9.08. The zero-order chi connectivity index (χ0) is 22.2. The lowest BCUT2D eigenvalue weighted by atomic mass is 9.81. The van der Waals surface area contributed by atoms with E-state index in [2.05, 4.69) is 127 Å². The van der Waals surface area contributed by atoms with Crippen LogP contribution in [0.5, 0.6) is 0 Å². The molecular formula is C29H30BrN. The smallest absolute Gasteiger partial charge is 0.0541 e. The Kier molecular flexibility index (Phi) is 5.94. The highest BCUT2D eigenvalue weighted by atomic mass is 79.9. The van der Waals surface area contributed by atoms with E-state index in [1.165, 1.54) is 49.8 Å². The number of aromatic nitrogens is 1. The van der Waals surface area contributed by atoms with E-state index >= 15 is 0 Å². The number of alkyl halides is 1. The first-order chi connectivity index (χ1) is 15.1. The first-order valence-electron chi connectivity index (χ1n) is 11.0. The Morgan fingerprint density at radius 1 is 0.871 bits per heavy atom. The molecule has 1 aliphatic rings. The van der Waals surface area contributed by atoms with Gasteiger partial charge in [-0.15, -0.1) is 0 Å². The molecule has 0 amide bonds. The van der Waals surface area contributed by atoms with Crippen molar-refractivity contribution < 1.29 is 0 Å². The van der Waals surface area contributed by atoms with Gasteiger partial charge in [0.1, 0.15) is 0 Å². The van der Waals surface area contributed by atoms with Crippen LogP contribution in [0.1, 0.15) is 45.2 Å². The minimum Gasteiger partial charge on any atom is -0.309 e. The summed E-state index contributed by atoms with van der Waals surface area (Å²) in [6, 6.07) is 24.5. The molecule has 0 saturated heterocycles. The normalized spacial score (nSPS) is 14.9. The molecule has 2 heteroatoms. The van der Waals surface area contributed by atoms with Gasteiger partial charge >= 0.3 is 0 Å². The van der Waals surface area contributed by atoms with Crippen LogP contribution in [-0.4, -0.2) is 10.4 Å². The van der Waals surface area contributed by atoms with E-state index in [0.29, 0.717) is 0 Å². The van der Waals surface area contributed by atoms with Crippen LogP contribution in [0.25, 0.3) is 33.1 Å². The third kappa shape index (κ3) is 3.29. The van der Waals surface area contributed by atoms with E-state index in [-0.39, 0.29) is 5.41 Å². The summed E-state index contributed by atoms with van der Waals surface area (Å²) in [5.41, 5.74) is 9.57. The standard InChI is InChI=1S/C28H27N.CH3Br/c1-5-11-24-20(6-2)21-17-16-19(18-25(21)28(24,3)4)29-26-14-9-7-12-22(26)23-13-8-10-15-27(23)29;1-2/h5,7-18H,6H2,1-4H3;1H3/b11-5-;. The van der Waals surface area contributed by atoms with Gasteiger partial charge in [-0.05, 0) is 65.7 Å². The molecular weight excluding hydrogens is 442 g/mol. The Morgan fingerprint density at radius 2 is 1.45 bits per heavy atom. The van der Waals surface area contributed by atoms with Gasteiger partial charge in [-0.25, -0.2) is 0 Å². The molecule has 0 atom stereocenters. The largest absolute Gasteiger partial charge is 0.309 e. The molecule has 0 spiro atoms. The van der Waals surface area contributed by atoms with Crippen LogP contribution in [0, 0.1) is 0 Å². The average Bonchev–Trinajstić information content (AvgIpc) is 3.25. The van der Waals surface area contributed by atoms with Crippen molar-refractivity contribution in [3.05, 3.63) is 95.6 Å². The molecule has 1 heterocycles. The molecule has 1 nitrogen and oxygen atoms in total. The number of halogens is 1. The summed E-state index contributed by atoms with van der Waals surface area (Å²) in [7, 11) is 0. The van der Waals surface area contributed by atoms with Gasteiger partial charge in [-0.1, -0.05) is 91.3 Å². The zero-order valence-corrected chi connectivity index (χ0v) is 20.6. The van der Waals surface area contributed by atoms with E-state index < -0.39 is 0 Å². The van der Waals surface area contributed by atoms with E-state index in [0.717, 1.165) is 6.42 Å². The molecule has 158 valence electrons. The summed E-state index contributed by atoms with van der Waals surface area (Å²) in [5, 5.41) is 2.62. The fourth-order valence-electron chi connectivity index (χ4n) is 5.18. The molecule has 3 aromatic carbocycles. The predicted octanol–water partition coefficient (Wildman–Crippen LogP) is 8.83. The third-order valence-electron chi connectivity index (χ3n) is 6.53. The molecule has 0 aliphatic heterocycles. The Balaban J connectivity index is 0.00000112. The summed E-state index contributed by atoms with van der Waals surface area (Å²) in [4.78, 5) is 0. The van der Waals surface area contributed by atoms with Crippen LogP contribution in [0.15, 0.2) is 84.5 Å². The maximum absolute atomic E-state index is 2.94. The minimum absolute atomic E-state index is 0.0158. The number of para-hydroxylation sites is 2. The fourth-order valence-corrected chi connectivity index (χ4v) is 5.18. The number of benzene rings is 3. The Hall–Kier alpha value is -2.58. The molecule has 0 bridgehead atoms. The van der Waals surface area contributed by atoms with Gasteiger partial charge in [0, 0.05) is 21.9 Å². The van der Waals surface area contributed by atoms with E-state index in [1.54, 1.807) is 0 Å². The Bertz CT molecular complexity index is 1260. The lowest BCUT2D eigenvalue weighted by molar-refractivity contribution is 0.653. The van der Waals surface area contributed by atoms with Crippen molar-refractivity contribution in [3.8, 4) is 5.69 Å². The molecule has 1 aromatic heterocycles. The number of hydrogen-bond acceptors (Lipinski definition) is 0. The van der Waals surface area contributed by atoms with Crippen LogP contribution < -0.4 is 0 Å². The van der Waals surface area contributed by atoms with Crippen molar-refractivity contribution in [1.29, 1.82) is 0 Å². The molecule has 0 radical (unpaired) electrons. The summed E-state index contributed by atoms with van der Waals surface area (Å²) in [5.74, 6) is 1.81. The van der Waals surface area contributed by atoms with E-state index in [9.17, 15) is 0 Å². The lowest BCUT2D eigenvalue weighted by Crippen LogP contribution is -2.16. The quantitative estimate of drug-likeness (QED) is 0.263. The van der Waals surface area contributed by atoms with Crippen molar-refractivity contribution in [2.24, 2.45) is 0 Å². The zero-order valence-electron chi connectivity index (χ0n) is 19.0. The summed E-state index contributed by atoms with van der Waals surface area (Å²) in [6.07, 6.45) is 5.54. The molecule has 0 saturated carbocycles. The minimum atomic E-state index is 0.0158. The molecule has 0 unspecified atom stereocenters. The number of nitrogens with zero attached hydrogens (tertiary/aromatic N) is 1. The van der Waals surface area contributed by atoms with Gasteiger partial charge in [0.05, 0.1) is 11.0 Å². The molecule has 0 N–H and O–H groups in total. The van der Waals surface area contributed by atoms with Gasteiger partial charge in [0.15, 0.2) is 0 Å². The van der Waals surface area contributed by atoms with Gasteiger partial charge in [0.2, 0.25) is 0 Å². The number of rotatable bonds is 3. The van der Waals surface area contributed by atoms with Crippen molar-refractivity contribution in [3.63, 3.8) is 0 Å². The molecule has 31 heavy (non-hydrogen) atoms. The van der Waals surface area contributed by atoms with Crippen LogP contribution in [-0.2, 0) is 5.41 Å². The second-order valence-corrected chi connectivity index (χ2v) is 8.47. The van der Waals surface area contributed by atoms with E-state index in [1.807, 2.05) is 5.83 Å². The number of allylic oxidation sites excluding steroid dienone is 4. The fraction of sp³-hybridized carbons (Fsp3) is 0.241. The maximum Gasteiger partial charge on any atom is 0.0541 e. The molecule has 5 rings (SSSR count). The van der Waals surface area contributed by atoms with Gasteiger partial charge < -0.3 is 4.57 Å². The average molecular weight is 472 g/mol. The monoisotopic (exact) mass is 471 g/mol. The second-order valence-electron chi connectivity index (χ2n) is 8.47. The third-order valence-corrected chi connectivity index (χ3v) is 6.53. The molecule has 0 fully saturated rings. The topological polar surface area (TPSA) is 4.93 Å². The van der Waals surface area contributed by atoms with Crippen molar-refractivity contribution in [1.82, 2.24) is 4.57 Å². The SMILES string of the molecule is C/C=C\C1=C(CC)c2ccc(-n3c4ccccc4c4ccccc43)cc2C1(C)C.CBr. The molecule has 4 aromatic rings. The van der Waals surface area contributed by atoms with E-state index in [4.69, 9.17) is 0 Å². The van der Waals surface area contributed by atoms with Gasteiger partial charge in [0.25, 0.3) is 0 Å². The van der Waals surface area contributed by atoms with Crippen LogP contribution >= 0.6 is 15.9 Å². The number of fused-ring (bicyclic) bond motifs is 4. The van der Waals surface area contributed by atoms with Gasteiger partial charge in [-0.3, -0.25) is 0 Å². The lowest BCUT2D eigenvalue weighted by Gasteiger charge is -2.24. The number of hydrogen-bond donors (Lipinski definition) is 0. The summed E-state index contributed by atoms with van der Waals surface area (Å²) < 4.78 is 2.42. The van der Waals surface area contributed by atoms with Gasteiger partial charge in [-0.2, -0.15) is 0 Å². The van der Waals surface area contributed by atoms with Crippen molar-refractivity contribution >= 4 is 43.3 Å². The first-order valence-corrected chi connectivity index (χ1v) is 12.5. The van der Waals surface area contributed by atoms with Crippen LogP contribution in [0.2, 0.25) is 0 Å². The van der Waals surface area contributed by atoms with Crippen LogP contribution in [0.3, 0.4) is 0 Å².